The van der Waals surface area contributed by atoms with Crippen LogP contribution < -0.4 is 5.73 Å². The fourth-order valence-electron chi connectivity index (χ4n) is 2.22. The van der Waals surface area contributed by atoms with Crippen LogP contribution in [0.3, 0.4) is 0 Å². The van der Waals surface area contributed by atoms with Crippen LogP contribution in [0.25, 0.3) is 11.0 Å². The van der Waals surface area contributed by atoms with Crippen LogP contribution in [-0.4, -0.2) is 9.55 Å². The molecule has 0 aliphatic rings. The Labute approximate surface area is 119 Å². The molecular weight excluding hydrogens is 291 g/mol. The summed E-state index contributed by atoms with van der Waals surface area (Å²) in [6, 6.07) is 0.956. The maximum Gasteiger partial charge on any atom is 0.418 e. The molecule has 0 unspecified atom stereocenters. The predicted molar refractivity (Wildman–Crippen MR) is 73.7 cm³/mol. The maximum absolute atomic E-state index is 12.9. The molecule has 0 spiro atoms. The minimum Gasteiger partial charge on any atom is -0.396 e. The Morgan fingerprint density at radius 3 is 2.50 bits per heavy atom. The van der Waals surface area contributed by atoms with E-state index in [2.05, 4.69) is 4.98 Å². The number of rotatable bonds is 2. The fourth-order valence-corrected chi connectivity index (χ4v) is 2.47. The predicted octanol–water partition coefficient (Wildman–Crippen LogP) is 4.26. The quantitative estimate of drug-likeness (QED) is 0.843. The van der Waals surface area contributed by atoms with Gasteiger partial charge in [-0.3, -0.25) is 0 Å². The Hall–Kier alpha value is -1.43. The van der Waals surface area contributed by atoms with Crippen LogP contribution in [0, 0.1) is 12.8 Å². The summed E-state index contributed by atoms with van der Waals surface area (Å²) in [6.07, 6.45) is -4.55. The first-order valence-electron chi connectivity index (χ1n) is 6.15. The molecular formula is C13H15ClF3N3. The molecule has 0 amide bonds. The van der Waals surface area contributed by atoms with Gasteiger partial charge in [-0.15, -0.1) is 0 Å². The van der Waals surface area contributed by atoms with Crippen molar-refractivity contribution in [3.8, 4) is 0 Å². The lowest BCUT2D eigenvalue weighted by atomic mass is 10.1. The van der Waals surface area contributed by atoms with Gasteiger partial charge < -0.3 is 10.3 Å². The van der Waals surface area contributed by atoms with E-state index in [0.717, 1.165) is 6.07 Å². The van der Waals surface area contributed by atoms with Gasteiger partial charge in [0, 0.05) is 6.54 Å². The van der Waals surface area contributed by atoms with Gasteiger partial charge in [-0.25, -0.2) is 4.98 Å². The van der Waals surface area contributed by atoms with Crippen LogP contribution in [0.4, 0.5) is 18.9 Å². The van der Waals surface area contributed by atoms with Gasteiger partial charge in [0.2, 0.25) is 0 Å². The Bertz CT molecular complexity index is 659. The van der Waals surface area contributed by atoms with Gasteiger partial charge in [-0.2, -0.15) is 13.2 Å². The molecule has 0 saturated heterocycles. The molecule has 1 heterocycles. The summed E-state index contributed by atoms with van der Waals surface area (Å²) in [5, 5.41) is -0.463. The molecule has 0 fully saturated rings. The highest BCUT2D eigenvalue weighted by atomic mass is 35.5. The number of hydrogen-bond acceptors (Lipinski definition) is 2. The second kappa shape index (κ2) is 4.84. The van der Waals surface area contributed by atoms with Crippen molar-refractivity contribution in [2.75, 3.05) is 5.73 Å². The van der Waals surface area contributed by atoms with Crippen molar-refractivity contribution in [3.63, 3.8) is 0 Å². The highest BCUT2D eigenvalue weighted by Crippen LogP contribution is 2.41. The Morgan fingerprint density at radius 1 is 1.40 bits per heavy atom. The van der Waals surface area contributed by atoms with E-state index in [0.29, 0.717) is 23.8 Å². The van der Waals surface area contributed by atoms with E-state index in [1.165, 1.54) is 0 Å². The summed E-state index contributed by atoms with van der Waals surface area (Å²) in [5.41, 5.74) is 5.48. The third kappa shape index (κ3) is 2.44. The average molecular weight is 306 g/mol. The summed E-state index contributed by atoms with van der Waals surface area (Å²) in [7, 11) is 0. The Morgan fingerprint density at radius 2 is 2.00 bits per heavy atom. The van der Waals surface area contributed by atoms with Crippen molar-refractivity contribution in [1.29, 1.82) is 0 Å². The summed E-state index contributed by atoms with van der Waals surface area (Å²) < 4.78 is 40.5. The monoisotopic (exact) mass is 305 g/mol. The van der Waals surface area contributed by atoms with Gasteiger partial charge in [0.1, 0.15) is 5.82 Å². The first-order valence-corrected chi connectivity index (χ1v) is 6.52. The molecule has 0 bridgehead atoms. The molecule has 2 rings (SSSR count). The van der Waals surface area contributed by atoms with E-state index in [1.807, 2.05) is 13.8 Å². The lowest BCUT2D eigenvalue weighted by molar-refractivity contribution is -0.137. The number of hydrogen-bond donors (Lipinski definition) is 1. The SMILES string of the molecule is Cc1nc2cc(C(F)(F)F)c(Cl)c(N)c2n1CC(C)C. The zero-order chi connectivity index (χ0) is 15.2. The van der Waals surface area contributed by atoms with Gasteiger partial charge in [0.15, 0.2) is 0 Å². The van der Waals surface area contributed by atoms with Crippen LogP contribution in [0.1, 0.15) is 25.2 Å². The molecule has 2 aromatic rings. The van der Waals surface area contributed by atoms with Crippen molar-refractivity contribution >= 4 is 28.3 Å². The number of imidazole rings is 1. The van der Waals surface area contributed by atoms with Gasteiger partial charge in [-0.05, 0) is 18.9 Å². The van der Waals surface area contributed by atoms with E-state index in [1.54, 1.807) is 11.5 Å². The van der Waals surface area contributed by atoms with E-state index >= 15 is 0 Å². The normalized spacial score (nSPS) is 12.6. The highest BCUT2D eigenvalue weighted by Gasteiger charge is 2.35. The first-order chi connectivity index (χ1) is 9.12. The number of halogens is 4. The van der Waals surface area contributed by atoms with E-state index in [4.69, 9.17) is 17.3 Å². The molecule has 0 aliphatic heterocycles. The zero-order valence-corrected chi connectivity index (χ0v) is 12.1. The molecule has 20 heavy (non-hydrogen) atoms. The summed E-state index contributed by atoms with van der Waals surface area (Å²) in [6.45, 7) is 6.37. The number of fused-ring (bicyclic) bond motifs is 1. The van der Waals surface area contributed by atoms with Crippen molar-refractivity contribution in [2.24, 2.45) is 5.92 Å². The molecule has 0 radical (unpaired) electrons. The van der Waals surface area contributed by atoms with Gasteiger partial charge in [0.25, 0.3) is 0 Å². The minimum absolute atomic E-state index is 0.0715. The molecule has 1 aromatic heterocycles. The number of nitrogens with two attached hydrogens (primary N) is 1. The van der Waals surface area contributed by atoms with E-state index < -0.39 is 16.8 Å². The molecule has 2 N–H and O–H groups in total. The maximum atomic E-state index is 12.9. The molecule has 0 saturated carbocycles. The number of benzene rings is 1. The molecule has 3 nitrogen and oxygen atoms in total. The van der Waals surface area contributed by atoms with Crippen molar-refractivity contribution in [1.82, 2.24) is 9.55 Å². The van der Waals surface area contributed by atoms with Gasteiger partial charge >= 0.3 is 6.18 Å². The number of anilines is 1. The van der Waals surface area contributed by atoms with Crippen LogP contribution >= 0.6 is 11.6 Å². The molecule has 0 aliphatic carbocycles. The van der Waals surface area contributed by atoms with Crippen LogP contribution in [0.2, 0.25) is 5.02 Å². The topological polar surface area (TPSA) is 43.8 Å². The van der Waals surface area contributed by atoms with Crippen molar-refractivity contribution < 1.29 is 13.2 Å². The molecule has 7 heteroatoms. The minimum atomic E-state index is -4.55. The summed E-state index contributed by atoms with van der Waals surface area (Å²) in [5.74, 6) is 0.933. The second-order valence-corrected chi connectivity index (χ2v) is 5.56. The van der Waals surface area contributed by atoms with Crippen molar-refractivity contribution in [2.45, 2.75) is 33.5 Å². The summed E-state index contributed by atoms with van der Waals surface area (Å²) in [4.78, 5) is 4.17. The third-order valence-corrected chi connectivity index (χ3v) is 3.45. The van der Waals surface area contributed by atoms with E-state index in [9.17, 15) is 13.2 Å². The Kier molecular flexibility index (Phi) is 3.62. The highest BCUT2D eigenvalue weighted by molar-refractivity contribution is 6.35. The first kappa shape index (κ1) is 15.0. The lowest BCUT2D eigenvalue weighted by Gasteiger charge is -2.14. The van der Waals surface area contributed by atoms with Gasteiger partial charge in [0.05, 0.1) is 27.3 Å². The van der Waals surface area contributed by atoms with Crippen LogP contribution in [-0.2, 0) is 12.7 Å². The molecule has 110 valence electrons. The number of aryl methyl sites for hydroxylation is 1. The lowest BCUT2D eigenvalue weighted by Crippen LogP contribution is -2.10. The average Bonchev–Trinajstić information content (AvgIpc) is 2.59. The van der Waals surface area contributed by atoms with Crippen molar-refractivity contribution in [3.05, 3.63) is 22.5 Å². The third-order valence-electron chi connectivity index (χ3n) is 3.05. The number of nitrogens with zero attached hydrogens (tertiary/aromatic N) is 2. The molecule has 0 atom stereocenters. The van der Waals surface area contributed by atoms with Crippen LogP contribution in [0.5, 0.6) is 0 Å². The second-order valence-electron chi connectivity index (χ2n) is 5.18. The van der Waals surface area contributed by atoms with Gasteiger partial charge in [-0.1, -0.05) is 25.4 Å². The largest absolute Gasteiger partial charge is 0.418 e. The Balaban J connectivity index is 2.77. The van der Waals surface area contributed by atoms with Crippen LogP contribution in [0.15, 0.2) is 6.07 Å². The standard InChI is InChI=1S/C13H15ClF3N3/c1-6(2)5-20-7(3)19-9-4-8(13(15,16)17)10(14)11(18)12(9)20/h4,6H,5,18H2,1-3H3. The van der Waals surface area contributed by atoms with E-state index in [-0.39, 0.29) is 11.2 Å². The molecule has 1 aromatic carbocycles. The number of alkyl halides is 3. The zero-order valence-electron chi connectivity index (χ0n) is 11.3. The smallest absolute Gasteiger partial charge is 0.396 e. The fraction of sp³-hybridized carbons (Fsp3) is 0.462. The number of aromatic nitrogens is 2. The number of nitrogen functional groups attached to an aromatic ring is 1. The summed E-state index contributed by atoms with van der Waals surface area (Å²) >= 11 is 5.79.